The summed E-state index contributed by atoms with van der Waals surface area (Å²) >= 11 is 6.25. The lowest BCUT2D eigenvalue weighted by atomic mass is 9.96. The molecular formula is C19H32ClIN4. The predicted octanol–water partition coefficient (Wildman–Crippen LogP) is 4.12. The maximum Gasteiger partial charge on any atom is 0.188 e. The van der Waals surface area contributed by atoms with Crippen LogP contribution in [0, 0.1) is 11.8 Å². The highest BCUT2D eigenvalue weighted by atomic mass is 127. The molecule has 1 aromatic rings. The number of halogens is 2. The van der Waals surface area contributed by atoms with Crippen molar-refractivity contribution >= 4 is 41.5 Å². The van der Waals surface area contributed by atoms with Gasteiger partial charge in [-0.3, -0.25) is 9.89 Å². The lowest BCUT2D eigenvalue weighted by Crippen LogP contribution is -2.36. The van der Waals surface area contributed by atoms with Gasteiger partial charge < -0.3 is 11.1 Å². The van der Waals surface area contributed by atoms with Gasteiger partial charge in [0.1, 0.15) is 0 Å². The lowest BCUT2D eigenvalue weighted by molar-refractivity contribution is 0.180. The number of nitrogens with two attached hydrogens (primary N) is 1. The fourth-order valence-corrected chi connectivity index (χ4v) is 3.16. The summed E-state index contributed by atoms with van der Waals surface area (Å²) in [7, 11) is 0. The van der Waals surface area contributed by atoms with Crippen LogP contribution >= 0.6 is 35.6 Å². The average Bonchev–Trinajstić information content (AvgIpc) is 2.56. The summed E-state index contributed by atoms with van der Waals surface area (Å²) in [5, 5.41) is 4.07. The first-order chi connectivity index (χ1) is 11.5. The van der Waals surface area contributed by atoms with Gasteiger partial charge >= 0.3 is 0 Å². The molecule has 0 aliphatic carbocycles. The van der Waals surface area contributed by atoms with E-state index in [0.29, 0.717) is 17.8 Å². The molecule has 1 fully saturated rings. The predicted molar refractivity (Wildman–Crippen MR) is 119 cm³/mol. The Morgan fingerprint density at radius 2 is 2.00 bits per heavy atom. The van der Waals surface area contributed by atoms with E-state index in [9.17, 15) is 0 Å². The van der Waals surface area contributed by atoms with Crippen LogP contribution < -0.4 is 11.1 Å². The first-order valence-corrected chi connectivity index (χ1v) is 9.42. The highest BCUT2D eigenvalue weighted by Crippen LogP contribution is 2.22. The minimum Gasteiger partial charge on any atom is -0.370 e. The molecule has 4 nitrogen and oxygen atoms in total. The van der Waals surface area contributed by atoms with Gasteiger partial charge in [0.2, 0.25) is 0 Å². The van der Waals surface area contributed by atoms with Crippen LogP contribution in [0.2, 0.25) is 5.02 Å². The molecule has 0 spiro atoms. The Kier molecular flexibility index (Phi) is 10.8. The number of hydrogen-bond donors (Lipinski definition) is 2. The molecule has 0 unspecified atom stereocenters. The molecule has 6 heteroatoms. The van der Waals surface area contributed by atoms with E-state index >= 15 is 0 Å². The Labute approximate surface area is 174 Å². The Bertz CT molecular complexity index is 528. The summed E-state index contributed by atoms with van der Waals surface area (Å²) in [5.74, 6) is 1.92. The van der Waals surface area contributed by atoms with Crippen molar-refractivity contribution in [3.8, 4) is 0 Å². The van der Waals surface area contributed by atoms with Gasteiger partial charge in [-0.05, 0) is 55.8 Å². The first-order valence-electron chi connectivity index (χ1n) is 9.04. The third kappa shape index (κ3) is 8.60. The topological polar surface area (TPSA) is 53.6 Å². The molecule has 0 saturated carbocycles. The van der Waals surface area contributed by atoms with Crippen molar-refractivity contribution < 1.29 is 0 Å². The fraction of sp³-hybridized carbons (Fsp3) is 0.632. The third-order valence-corrected chi connectivity index (χ3v) is 4.98. The second-order valence-corrected chi connectivity index (χ2v) is 7.55. The molecule has 1 heterocycles. The molecular weight excluding hydrogens is 447 g/mol. The van der Waals surface area contributed by atoms with Crippen LogP contribution in [-0.4, -0.2) is 37.0 Å². The average molecular weight is 479 g/mol. The summed E-state index contributed by atoms with van der Waals surface area (Å²) in [6.07, 6.45) is 3.47. The van der Waals surface area contributed by atoms with Crippen molar-refractivity contribution in [2.75, 3.05) is 26.2 Å². The largest absolute Gasteiger partial charge is 0.370 e. The van der Waals surface area contributed by atoms with Crippen LogP contribution in [0.15, 0.2) is 29.3 Å². The van der Waals surface area contributed by atoms with Gasteiger partial charge in [-0.15, -0.1) is 24.0 Å². The number of benzene rings is 1. The second kappa shape index (κ2) is 12.0. The monoisotopic (exact) mass is 478 g/mol. The molecule has 0 amide bonds. The number of likely N-dealkylation sites (tertiary alicyclic amines) is 1. The molecule has 25 heavy (non-hydrogen) atoms. The molecule has 1 aromatic carbocycles. The smallest absolute Gasteiger partial charge is 0.188 e. The van der Waals surface area contributed by atoms with E-state index in [2.05, 4.69) is 41.2 Å². The molecule has 1 aliphatic rings. The van der Waals surface area contributed by atoms with Gasteiger partial charge in [0.25, 0.3) is 0 Å². The number of aliphatic imine (C=N–C) groups is 1. The Hall–Kier alpha value is -0.530. The van der Waals surface area contributed by atoms with Crippen LogP contribution in [0.3, 0.4) is 0 Å². The summed E-state index contributed by atoms with van der Waals surface area (Å²) in [6, 6.07) is 8.11. The van der Waals surface area contributed by atoms with Crippen LogP contribution in [0.1, 0.15) is 38.7 Å². The van der Waals surface area contributed by atoms with Crippen molar-refractivity contribution in [2.24, 2.45) is 22.6 Å². The minimum atomic E-state index is 0. The first kappa shape index (κ1) is 22.5. The standard InChI is InChI=1S/C19H31ClN4.HI/c1-15(2)7-10-22-19(21)23-13-16-8-11-24(12-9-16)14-17-5-3-4-6-18(17)20;/h3-6,15-16H,7-14H2,1-2H3,(H3,21,22,23);1H. The number of piperidine rings is 1. The summed E-state index contributed by atoms with van der Waals surface area (Å²) in [5.41, 5.74) is 7.15. The van der Waals surface area contributed by atoms with Crippen LogP contribution in [-0.2, 0) is 6.54 Å². The van der Waals surface area contributed by atoms with E-state index in [-0.39, 0.29) is 24.0 Å². The summed E-state index contributed by atoms with van der Waals surface area (Å²) in [4.78, 5) is 6.99. The van der Waals surface area contributed by atoms with Gasteiger partial charge in [0.15, 0.2) is 5.96 Å². The molecule has 3 N–H and O–H groups in total. The summed E-state index contributed by atoms with van der Waals surface area (Å²) in [6.45, 7) is 9.31. The Morgan fingerprint density at radius 3 is 2.64 bits per heavy atom. The zero-order chi connectivity index (χ0) is 17.4. The minimum absolute atomic E-state index is 0. The van der Waals surface area contributed by atoms with Crippen molar-refractivity contribution in [3.05, 3.63) is 34.9 Å². The highest BCUT2D eigenvalue weighted by molar-refractivity contribution is 14.0. The zero-order valence-electron chi connectivity index (χ0n) is 15.4. The van der Waals surface area contributed by atoms with E-state index in [1.165, 1.54) is 18.4 Å². The number of rotatable bonds is 7. The van der Waals surface area contributed by atoms with Gasteiger partial charge in [0, 0.05) is 24.7 Å². The van der Waals surface area contributed by atoms with Gasteiger partial charge in [-0.25, -0.2) is 0 Å². The molecule has 0 atom stereocenters. The highest BCUT2D eigenvalue weighted by Gasteiger charge is 2.19. The molecule has 142 valence electrons. The summed E-state index contributed by atoms with van der Waals surface area (Å²) < 4.78 is 0. The van der Waals surface area contributed by atoms with E-state index in [0.717, 1.165) is 44.2 Å². The van der Waals surface area contributed by atoms with Crippen LogP contribution in [0.5, 0.6) is 0 Å². The molecule has 1 aliphatic heterocycles. The van der Waals surface area contributed by atoms with Crippen LogP contribution in [0.4, 0.5) is 0 Å². The zero-order valence-corrected chi connectivity index (χ0v) is 18.5. The number of hydrogen-bond acceptors (Lipinski definition) is 2. The lowest BCUT2D eigenvalue weighted by Gasteiger charge is -2.31. The van der Waals surface area contributed by atoms with Gasteiger partial charge in [0.05, 0.1) is 0 Å². The maximum atomic E-state index is 6.25. The normalized spacial score (nSPS) is 16.7. The van der Waals surface area contributed by atoms with E-state index in [1.807, 2.05) is 12.1 Å². The van der Waals surface area contributed by atoms with Crippen molar-refractivity contribution in [2.45, 2.75) is 39.7 Å². The van der Waals surface area contributed by atoms with Crippen molar-refractivity contribution in [1.82, 2.24) is 10.2 Å². The number of guanidine groups is 1. The van der Waals surface area contributed by atoms with Crippen molar-refractivity contribution in [1.29, 1.82) is 0 Å². The second-order valence-electron chi connectivity index (χ2n) is 7.15. The SMILES string of the molecule is CC(C)CCNC(N)=NCC1CCN(Cc2ccccc2Cl)CC1.I. The van der Waals surface area contributed by atoms with Crippen LogP contribution in [0.25, 0.3) is 0 Å². The van der Waals surface area contributed by atoms with Gasteiger partial charge in [-0.2, -0.15) is 0 Å². The Balaban J connectivity index is 0.00000312. The number of nitrogens with one attached hydrogen (secondary N) is 1. The molecule has 0 bridgehead atoms. The van der Waals surface area contributed by atoms with Crippen molar-refractivity contribution in [3.63, 3.8) is 0 Å². The molecule has 0 radical (unpaired) electrons. The third-order valence-electron chi connectivity index (χ3n) is 4.61. The quantitative estimate of drug-likeness (QED) is 0.352. The fourth-order valence-electron chi connectivity index (χ4n) is 2.97. The van der Waals surface area contributed by atoms with E-state index < -0.39 is 0 Å². The maximum absolute atomic E-state index is 6.25. The van der Waals surface area contributed by atoms with E-state index in [1.54, 1.807) is 0 Å². The Morgan fingerprint density at radius 1 is 1.32 bits per heavy atom. The van der Waals surface area contributed by atoms with E-state index in [4.69, 9.17) is 17.3 Å². The number of nitrogens with zero attached hydrogens (tertiary/aromatic N) is 2. The molecule has 1 saturated heterocycles. The van der Waals surface area contributed by atoms with Gasteiger partial charge in [-0.1, -0.05) is 43.6 Å². The molecule has 0 aromatic heterocycles. The molecule has 2 rings (SSSR count).